The number of pyridine rings is 1. The van der Waals surface area contributed by atoms with Crippen molar-refractivity contribution in [2.24, 2.45) is 0 Å². The summed E-state index contributed by atoms with van der Waals surface area (Å²) in [6, 6.07) is 3.72. The van der Waals surface area contributed by atoms with E-state index in [-0.39, 0.29) is 5.91 Å². The van der Waals surface area contributed by atoms with Gasteiger partial charge in [-0.25, -0.2) is 0 Å². The van der Waals surface area contributed by atoms with Gasteiger partial charge in [-0.15, -0.1) is 0 Å². The van der Waals surface area contributed by atoms with Crippen LogP contribution in [0.2, 0.25) is 0 Å². The van der Waals surface area contributed by atoms with Crippen LogP contribution in [0.3, 0.4) is 0 Å². The van der Waals surface area contributed by atoms with Gasteiger partial charge >= 0.3 is 0 Å². The molecular formula is C14H21N3O3. The molecule has 6 heteroatoms. The molecule has 1 amide bonds. The SMILES string of the molecule is CNCc1ccc(OC(C)C(=O)N2CCOCC2)cn1. The van der Waals surface area contributed by atoms with E-state index in [0.29, 0.717) is 38.6 Å². The number of amides is 1. The maximum atomic E-state index is 12.2. The van der Waals surface area contributed by atoms with Gasteiger partial charge in [-0.3, -0.25) is 9.78 Å². The molecule has 1 aromatic rings. The Bertz CT molecular complexity index is 430. The van der Waals surface area contributed by atoms with E-state index in [1.54, 1.807) is 18.0 Å². The molecule has 0 saturated carbocycles. The standard InChI is InChI=1S/C14H21N3O3/c1-11(14(18)17-5-7-19-8-6-17)20-13-4-3-12(9-15-2)16-10-13/h3-4,10-11,15H,5-9H2,1-2H3. The topological polar surface area (TPSA) is 63.7 Å². The number of carbonyl (C=O) groups is 1. The highest BCUT2D eigenvalue weighted by Crippen LogP contribution is 2.13. The third-order valence-corrected chi connectivity index (χ3v) is 3.14. The van der Waals surface area contributed by atoms with Crippen LogP contribution in [0, 0.1) is 0 Å². The zero-order valence-electron chi connectivity index (χ0n) is 12.0. The predicted molar refractivity (Wildman–Crippen MR) is 74.5 cm³/mol. The summed E-state index contributed by atoms with van der Waals surface area (Å²) in [6.07, 6.45) is 1.14. The van der Waals surface area contributed by atoms with E-state index in [1.165, 1.54) is 0 Å². The summed E-state index contributed by atoms with van der Waals surface area (Å²) in [5.41, 5.74) is 0.937. The number of aromatic nitrogens is 1. The van der Waals surface area contributed by atoms with Gasteiger partial charge in [-0.05, 0) is 26.1 Å². The molecule has 0 spiro atoms. The van der Waals surface area contributed by atoms with Crippen molar-refractivity contribution in [3.05, 3.63) is 24.0 Å². The molecule has 0 bridgehead atoms. The smallest absolute Gasteiger partial charge is 0.263 e. The molecule has 0 aromatic carbocycles. The predicted octanol–water partition coefficient (Wildman–Crippen LogP) is 0.427. The lowest BCUT2D eigenvalue weighted by Gasteiger charge is -2.29. The third kappa shape index (κ3) is 3.91. The number of hydrogen-bond donors (Lipinski definition) is 1. The second kappa shape index (κ2) is 7.21. The second-order valence-electron chi connectivity index (χ2n) is 4.71. The summed E-state index contributed by atoms with van der Waals surface area (Å²) >= 11 is 0. The fraction of sp³-hybridized carbons (Fsp3) is 0.571. The summed E-state index contributed by atoms with van der Waals surface area (Å²) in [6.45, 7) is 4.93. The van der Waals surface area contributed by atoms with Crippen molar-refractivity contribution in [1.82, 2.24) is 15.2 Å². The zero-order valence-corrected chi connectivity index (χ0v) is 12.0. The zero-order chi connectivity index (χ0) is 14.4. The molecule has 0 aliphatic carbocycles. The van der Waals surface area contributed by atoms with Crippen molar-refractivity contribution in [2.75, 3.05) is 33.4 Å². The van der Waals surface area contributed by atoms with Crippen molar-refractivity contribution in [2.45, 2.75) is 19.6 Å². The highest BCUT2D eigenvalue weighted by Gasteiger charge is 2.23. The Labute approximate surface area is 119 Å². The Morgan fingerprint density at radius 2 is 2.25 bits per heavy atom. The van der Waals surface area contributed by atoms with Crippen LogP contribution in [0.25, 0.3) is 0 Å². The molecule has 1 aliphatic heterocycles. The molecule has 2 rings (SSSR count). The fourth-order valence-corrected chi connectivity index (χ4v) is 2.06. The summed E-state index contributed by atoms with van der Waals surface area (Å²) < 4.78 is 10.9. The van der Waals surface area contributed by atoms with Gasteiger partial charge in [-0.1, -0.05) is 0 Å². The van der Waals surface area contributed by atoms with Crippen LogP contribution in [0.5, 0.6) is 5.75 Å². The van der Waals surface area contributed by atoms with Crippen LogP contribution < -0.4 is 10.1 Å². The number of ether oxygens (including phenoxy) is 2. The maximum Gasteiger partial charge on any atom is 0.263 e. The molecule has 110 valence electrons. The Morgan fingerprint density at radius 3 is 2.85 bits per heavy atom. The largest absolute Gasteiger partial charge is 0.479 e. The maximum absolute atomic E-state index is 12.2. The van der Waals surface area contributed by atoms with E-state index in [9.17, 15) is 4.79 Å². The van der Waals surface area contributed by atoms with Gasteiger partial charge in [0, 0.05) is 19.6 Å². The monoisotopic (exact) mass is 279 g/mol. The molecule has 1 aromatic heterocycles. The Kier molecular flexibility index (Phi) is 5.31. The van der Waals surface area contributed by atoms with Gasteiger partial charge < -0.3 is 19.7 Å². The normalized spacial score (nSPS) is 16.8. The molecule has 6 nitrogen and oxygen atoms in total. The van der Waals surface area contributed by atoms with Crippen LogP contribution in [0.1, 0.15) is 12.6 Å². The third-order valence-electron chi connectivity index (χ3n) is 3.14. The average Bonchev–Trinajstić information content (AvgIpc) is 2.49. The van der Waals surface area contributed by atoms with E-state index in [1.807, 2.05) is 19.2 Å². The van der Waals surface area contributed by atoms with E-state index in [4.69, 9.17) is 9.47 Å². The van der Waals surface area contributed by atoms with Crippen molar-refractivity contribution in [3.63, 3.8) is 0 Å². The first kappa shape index (κ1) is 14.7. The fourth-order valence-electron chi connectivity index (χ4n) is 2.06. The Morgan fingerprint density at radius 1 is 1.50 bits per heavy atom. The number of morpholine rings is 1. The molecule has 1 saturated heterocycles. The van der Waals surface area contributed by atoms with Crippen LogP contribution in [0.4, 0.5) is 0 Å². The highest BCUT2D eigenvalue weighted by molar-refractivity contribution is 5.81. The van der Waals surface area contributed by atoms with Gasteiger partial charge in [0.05, 0.1) is 25.1 Å². The lowest BCUT2D eigenvalue weighted by Crippen LogP contribution is -2.46. The lowest BCUT2D eigenvalue weighted by molar-refractivity contribution is -0.142. The van der Waals surface area contributed by atoms with Gasteiger partial charge in [-0.2, -0.15) is 0 Å². The quantitative estimate of drug-likeness (QED) is 0.846. The molecule has 1 fully saturated rings. The van der Waals surface area contributed by atoms with Crippen molar-refractivity contribution in [3.8, 4) is 5.75 Å². The summed E-state index contributed by atoms with van der Waals surface area (Å²) in [4.78, 5) is 18.2. The number of nitrogens with zero attached hydrogens (tertiary/aromatic N) is 2. The lowest BCUT2D eigenvalue weighted by atomic mass is 10.3. The summed E-state index contributed by atoms with van der Waals surface area (Å²) in [7, 11) is 1.87. The summed E-state index contributed by atoms with van der Waals surface area (Å²) in [5.74, 6) is 0.603. The first-order chi connectivity index (χ1) is 9.70. The molecule has 2 heterocycles. The minimum absolute atomic E-state index is 0.00685. The molecular weight excluding hydrogens is 258 g/mol. The minimum Gasteiger partial charge on any atom is -0.479 e. The summed E-state index contributed by atoms with van der Waals surface area (Å²) in [5, 5.41) is 3.03. The van der Waals surface area contributed by atoms with E-state index in [0.717, 1.165) is 5.69 Å². The molecule has 1 unspecified atom stereocenters. The molecule has 1 atom stereocenters. The first-order valence-corrected chi connectivity index (χ1v) is 6.83. The Hall–Kier alpha value is -1.66. The van der Waals surface area contributed by atoms with E-state index in [2.05, 4.69) is 10.3 Å². The molecule has 1 N–H and O–H groups in total. The van der Waals surface area contributed by atoms with Crippen LogP contribution >= 0.6 is 0 Å². The van der Waals surface area contributed by atoms with E-state index >= 15 is 0 Å². The van der Waals surface area contributed by atoms with Crippen LogP contribution in [-0.2, 0) is 16.1 Å². The van der Waals surface area contributed by atoms with Crippen molar-refractivity contribution in [1.29, 1.82) is 0 Å². The van der Waals surface area contributed by atoms with E-state index < -0.39 is 6.10 Å². The molecule has 1 aliphatic rings. The van der Waals surface area contributed by atoms with Gasteiger partial charge in [0.1, 0.15) is 5.75 Å². The van der Waals surface area contributed by atoms with Gasteiger partial charge in [0.2, 0.25) is 0 Å². The minimum atomic E-state index is -0.509. The average molecular weight is 279 g/mol. The van der Waals surface area contributed by atoms with Crippen molar-refractivity contribution < 1.29 is 14.3 Å². The van der Waals surface area contributed by atoms with Crippen molar-refractivity contribution >= 4 is 5.91 Å². The van der Waals surface area contributed by atoms with Crippen LogP contribution in [-0.4, -0.2) is 55.2 Å². The second-order valence-corrected chi connectivity index (χ2v) is 4.71. The molecule has 0 radical (unpaired) electrons. The van der Waals surface area contributed by atoms with Gasteiger partial charge in [0.15, 0.2) is 6.10 Å². The first-order valence-electron chi connectivity index (χ1n) is 6.83. The Balaban J connectivity index is 1.89. The molecule has 20 heavy (non-hydrogen) atoms. The highest BCUT2D eigenvalue weighted by atomic mass is 16.5. The van der Waals surface area contributed by atoms with Gasteiger partial charge in [0.25, 0.3) is 5.91 Å². The number of carbonyl (C=O) groups excluding carboxylic acids is 1. The van der Waals surface area contributed by atoms with Crippen LogP contribution in [0.15, 0.2) is 18.3 Å². The number of hydrogen-bond acceptors (Lipinski definition) is 5. The number of nitrogens with one attached hydrogen (secondary N) is 1. The number of rotatable bonds is 5.